The van der Waals surface area contributed by atoms with Gasteiger partial charge in [-0.2, -0.15) is 0 Å². The van der Waals surface area contributed by atoms with Crippen LogP contribution in [0.15, 0.2) is 46.9 Å². The molecule has 0 aliphatic carbocycles. The minimum Gasteiger partial charge on any atom is -0.497 e. The van der Waals surface area contributed by atoms with Crippen molar-refractivity contribution in [3.05, 3.63) is 58.1 Å². The summed E-state index contributed by atoms with van der Waals surface area (Å²) in [6, 6.07) is 13.6. The fraction of sp³-hybridized carbons (Fsp3) is 0.200. The smallest absolute Gasteiger partial charge is 0.122 e. The van der Waals surface area contributed by atoms with Crippen molar-refractivity contribution in [2.45, 2.75) is 5.38 Å². The molecule has 19 heavy (non-hydrogen) atoms. The van der Waals surface area contributed by atoms with Crippen LogP contribution in [0.25, 0.3) is 0 Å². The van der Waals surface area contributed by atoms with Gasteiger partial charge in [0.1, 0.15) is 11.5 Å². The largest absolute Gasteiger partial charge is 0.497 e. The Hall–Kier alpha value is -1.19. The van der Waals surface area contributed by atoms with E-state index in [1.54, 1.807) is 14.2 Å². The maximum Gasteiger partial charge on any atom is 0.122 e. The number of alkyl halides is 1. The van der Waals surface area contributed by atoms with Crippen LogP contribution in [-0.4, -0.2) is 14.2 Å². The van der Waals surface area contributed by atoms with E-state index in [1.165, 1.54) is 0 Å². The molecule has 2 aromatic carbocycles. The van der Waals surface area contributed by atoms with Gasteiger partial charge in [0.2, 0.25) is 0 Å². The third kappa shape index (κ3) is 3.43. The molecule has 0 heterocycles. The zero-order valence-corrected chi connectivity index (χ0v) is 13.0. The lowest BCUT2D eigenvalue weighted by Gasteiger charge is -2.13. The molecule has 0 bridgehead atoms. The molecule has 0 saturated carbocycles. The normalized spacial score (nSPS) is 12.0. The molecular formula is C15H14BrClO2. The van der Waals surface area contributed by atoms with Crippen LogP contribution in [-0.2, 0) is 0 Å². The molecule has 1 unspecified atom stereocenters. The number of hydrogen-bond donors (Lipinski definition) is 0. The Morgan fingerprint density at radius 3 is 1.89 bits per heavy atom. The van der Waals surface area contributed by atoms with Crippen LogP contribution in [0.2, 0.25) is 0 Å². The van der Waals surface area contributed by atoms with Crippen LogP contribution in [0.1, 0.15) is 16.5 Å². The van der Waals surface area contributed by atoms with Crippen molar-refractivity contribution in [3.63, 3.8) is 0 Å². The minimum absolute atomic E-state index is 0.239. The molecule has 0 aliphatic heterocycles. The van der Waals surface area contributed by atoms with Gasteiger partial charge in [0.05, 0.1) is 19.6 Å². The average Bonchev–Trinajstić information content (AvgIpc) is 2.46. The molecule has 2 rings (SSSR count). The molecule has 0 aliphatic rings. The summed E-state index contributed by atoms with van der Waals surface area (Å²) in [7, 11) is 3.25. The second-order valence-corrected chi connectivity index (χ2v) is 5.41. The van der Waals surface area contributed by atoms with Crippen LogP contribution in [0, 0.1) is 0 Å². The summed E-state index contributed by atoms with van der Waals surface area (Å²) in [5.74, 6) is 1.47. The Kier molecular flexibility index (Phi) is 4.72. The Balaban J connectivity index is 2.37. The van der Waals surface area contributed by atoms with Crippen LogP contribution < -0.4 is 9.47 Å². The maximum absolute atomic E-state index is 6.52. The lowest BCUT2D eigenvalue weighted by Crippen LogP contribution is -1.96. The fourth-order valence-electron chi connectivity index (χ4n) is 1.80. The first-order valence-electron chi connectivity index (χ1n) is 5.76. The first-order valence-corrected chi connectivity index (χ1v) is 6.99. The van der Waals surface area contributed by atoms with Crippen LogP contribution in [0.4, 0.5) is 0 Å². The quantitative estimate of drug-likeness (QED) is 0.744. The molecule has 4 heteroatoms. The van der Waals surface area contributed by atoms with Gasteiger partial charge in [0, 0.05) is 10.5 Å². The molecule has 0 saturated heterocycles. The lowest BCUT2D eigenvalue weighted by molar-refractivity contribution is 0.393. The van der Waals surface area contributed by atoms with Crippen molar-refractivity contribution in [3.8, 4) is 11.5 Å². The van der Waals surface area contributed by atoms with Gasteiger partial charge >= 0.3 is 0 Å². The number of rotatable bonds is 4. The predicted octanol–water partition coefficient (Wildman–Crippen LogP) is 4.79. The van der Waals surface area contributed by atoms with E-state index in [0.29, 0.717) is 0 Å². The van der Waals surface area contributed by atoms with Gasteiger partial charge in [-0.25, -0.2) is 0 Å². The van der Waals surface area contributed by atoms with Crippen molar-refractivity contribution in [2.24, 2.45) is 0 Å². The van der Waals surface area contributed by atoms with Gasteiger partial charge in [-0.15, -0.1) is 11.6 Å². The summed E-state index contributed by atoms with van der Waals surface area (Å²) in [5, 5.41) is -0.239. The fourth-order valence-corrected chi connectivity index (χ4v) is 2.34. The van der Waals surface area contributed by atoms with Gasteiger partial charge in [0.15, 0.2) is 0 Å². The standard InChI is InChI=1S/C15H14BrClO2/c1-18-13-7-11(8-14(9-13)19-2)15(17)10-3-5-12(16)6-4-10/h3-9,15H,1-2H3. The zero-order chi connectivity index (χ0) is 13.8. The van der Waals surface area contributed by atoms with Gasteiger partial charge < -0.3 is 9.47 Å². The lowest BCUT2D eigenvalue weighted by atomic mass is 10.0. The highest BCUT2D eigenvalue weighted by Crippen LogP contribution is 2.34. The van der Waals surface area contributed by atoms with Crippen molar-refractivity contribution in [2.75, 3.05) is 14.2 Å². The number of methoxy groups -OCH3 is 2. The third-order valence-electron chi connectivity index (χ3n) is 2.83. The monoisotopic (exact) mass is 340 g/mol. The predicted molar refractivity (Wildman–Crippen MR) is 81.4 cm³/mol. The van der Waals surface area contributed by atoms with E-state index in [4.69, 9.17) is 21.1 Å². The van der Waals surface area contributed by atoms with E-state index in [0.717, 1.165) is 27.1 Å². The Morgan fingerprint density at radius 1 is 0.895 bits per heavy atom. The van der Waals surface area contributed by atoms with Gasteiger partial charge in [-0.1, -0.05) is 28.1 Å². The van der Waals surface area contributed by atoms with Crippen molar-refractivity contribution >= 4 is 27.5 Å². The van der Waals surface area contributed by atoms with Crippen LogP contribution >= 0.6 is 27.5 Å². The van der Waals surface area contributed by atoms with Crippen LogP contribution in [0.5, 0.6) is 11.5 Å². The molecule has 0 amide bonds. The first-order chi connectivity index (χ1) is 9.13. The summed E-state index contributed by atoms with van der Waals surface area (Å²) in [5.41, 5.74) is 1.97. The van der Waals surface area contributed by atoms with Crippen molar-refractivity contribution in [1.29, 1.82) is 0 Å². The van der Waals surface area contributed by atoms with E-state index in [-0.39, 0.29) is 5.38 Å². The number of hydrogen-bond acceptors (Lipinski definition) is 2. The zero-order valence-electron chi connectivity index (χ0n) is 10.7. The Labute approximate surface area is 126 Å². The number of halogens is 2. The first kappa shape index (κ1) is 14.2. The molecule has 0 aromatic heterocycles. The Morgan fingerprint density at radius 2 is 1.42 bits per heavy atom. The number of benzene rings is 2. The topological polar surface area (TPSA) is 18.5 Å². The van der Waals surface area contributed by atoms with E-state index >= 15 is 0 Å². The summed E-state index contributed by atoms with van der Waals surface area (Å²) in [4.78, 5) is 0. The second kappa shape index (κ2) is 6.31. The molecular weight excluding hydrogens is 328 g/mol. The third-order valence-corrected chi connectivity index (χ3v) is 3.86. The SMILES string of the molecule is COc1cc(OC)cc(C(Cl)c2ccc(Br)cc2)c1. The minimum atomic E-state index is -0.239. The van der Waals surface area contributed by atoms with Gasteiger partial charge in [-0.05, 0) is 35.4 Å². The maximum atomic E-state index is 6.52. The summed E-state index contributed by atoms with van der Waals surface area (Å²) < 4.78 is 11.5. The highest BCUT2D eigenvalue weighted by atomic mass is 79.9. The molecule has 0 fully saturated rings. The van der Waals surface area contributed by atoms with E-state index in [1.807, 2.05) is 42.5 Å². The van der Waals surface area contributed by atoms with E-state index < -0.39 is 0 Å². The number of ether oxygens (including phenoxy) is 2. The van der Waals surface area contributed by atoms with E-state index in [2.05, 4.69) is 15.9 Å². The summed E-state index contributed by atoms with van der Waals surface area (Å²) >= 11 is 9.93. The Bertz CT molecular complexity index is 532. The van der Waals surface area contributed by atoms with Crippen LogP contribution in [0.3, 0.4) is 0 Å². The highest BCUT2D eigenvalue weighted by molar-refractivity contribution is 9.10. The van der Waals surface area contributed by atoms with E-state index in [9.17, 15) is 0 Å². The van der Waals surface area contributed by atoms with Gasteiger partial charge in [0.25, 0.3) is 0 Å². The van der Waals surface area contributed by atoms with Gasteiger partial charge in [-0.3, -0.25) is 0 Å². The average molecular weight is 342 g/mol. The summed E-state index contributed by atoms with van der Waals surface area (Å²) in [6.45, 7) is 0. The van der Waals surface area contributed by atoms with Crippen molar-refractivity contribution in [1.82, 2.24) is 0 Å². The molecule has 2 aromatic rings. The molecule has 2 nitrogen and oxygen atoms in total. The summed E-state index contributed by atoms with van der Waals surface area (Å²) in [6.07, 6.45) is 0. The molecule has 0 radical (unpaired) electrons. The molecule has 0 spiro atoms. The molecule has 1 atom stereocenters. The highest BCUT2D eigenvalue weighted by Gasteiger charge is 2.13. The van der Waals surface area contributed by atoms with Crippen molar-refractivity contribution < 1.29 is 9.47 Å². The molecule has 0 N–H and O–H groups in total. The second-order valence-electron chi connectivity index (χ2n) is 4.06. The molecule has 100 valence electrons.